The number of hydrogen-bond acceptors (Lipinski definition) is 10. The van der Waals surface area contributed by atoms with Crippen LogP contribution in [-0.2, 0) is 31.1 Å². The summed E-state index contributed by atoms with van der Waals surface area (Å²) in [6.45, 7) is 4.20. The second-order valence-electron chi connectivity index (χ2n) is 10.5. The fourth-order valence-corrected chi connectivity index (χ4v) is 6.45. The second kappa shape index (κ2) is 14.4. The number of benzene rings is 3. The minimum absolute atomic E-state index is 0.105. The van der Waals surface area contributed by atoms with Gasteiger partial charge in [-0.2, -0.15) is 22.7 Å². The van der Waals surface area contributed by atoms with Crippen LogP contribution in [0.4, 0.5) is 5.69 Å². The van der Waals surface area contributed by atoms with E-state index >= 15 is 0 Å². The van der Waals surface area contributed by atoms with Crippen LogP contribution in [0, 0.1) is 0 Å². The third kappa shape index (κ3) is 8.35. The standard InChI is InChI=1S/C32H34ClN3O8S2/c1-3-23(19-31-35(15-8-17-46(40,41)44-34-4-2)28-22-26(33)12-14-30(28)43-31)20-32-36(16-18-45(37,38)39)27-21-25(11-13-29(27)42-32)24-9-6-5-7-10-24/h5-7,9-14,19-22,34H,3-4,8,15-18H2,1-2H3. The molecule has 1 aromatic heterocycles. The lowest BCUT2D eigenvalue weighted by atomic mass is 10.1. The van der Waals surface area contributed by atoms with Crippen LogP contribution in [0.15, 0.2) is 88.7 Å². The lowest BCUT2D eigenvalue weighted by Crippen LogP contribution is -2.38. The third-order valence-corrected chi connectivity index (χ3v) is 9.31. The minimum Gasteiger partial charge on any atom is -0.748 e. The third-order valence-electron chi connectivity index (χ3n) is 7.23. The topological polar surface area (TPSA) is 142 Å². The van der Waals surface area contributed by atoms with Gasteiger partial charge in [-0.15, -0.1) is 0 Å². The zero-order chi connectivity index (χ0) is 32.9. The molecule has 1 aliphatic rings. The number of anilines is 1. The van der Waals surface area contributed by atoms with Crippen LogP contribution >= 0.6 is 11.6 Å². The van der Waals surface area contributed by atoms with E-state index in [-0.39, 0.29) is 18.7 Å². The molecule has 5 rings (SSSR count). The molecule has 3 aromatic carbocycles. The zero-order valence-corrected chi connectivity index (χ0v) is 27.7. The largest absolute Gasteiger partial charge is 0.748 e. The predicted octanol–water partition coefficient (Wildman–Crippen LogP) is 5.38. The number of aryl methyl sites for hydroxylation is 1. The molecule has 0 saturated heterocycles. The Morgan fingerprint density at radius 1 is 1.02 bits per heavy atom. The average molecular weight is 688 g/mol. The summed E-state index contributed by atoms with van der Waals surface area (Å²) in [6, 6.07) is 20.6. The number of fused-ring (bicyclic) bond motifs is 2. The molecule has 0 aliphatic carbocycles. The van der Waals surface area contributed by atoms with Crippen molar-refractivity contribution < 1.29 is 39.4 Å². The molecule has 0 atom stereocenters. The Morgan fingerprint density at radius 2 is 1.80 bits per heavy atom. The van der Waals surface area contributed by atoms with Crippen LogP contribution in [0.5, 0.6) is 5.75 Å². The molecule has 0 fully saturated rings. The number of allylic oxidation sites excluding steroid dienone is 2. The number of aromatic nitrogens is 1. The van der Waals surface area contributed by atoms with Gasteiger partial charge >= 0.3 is 5.89 Å². The van der Waals surface area contributed by atoms with Crippen LogP contribution in [-0.4, -0.2) is 46.0 Å². The number of halogens is 1. The van der Waals surface area contributed by atoms with Crippen molar-refractivity contribution in [3.8, 4) is 16.9 Å². The number of nitrogens with zero attached hydrogens (tertiary/aromatic N) is 2. The molecular formula is C32H34ClN3O8S2. The first-order valence-corrected chi connectivity index (χ1v) is 18.3. The summed E-state index contributed by atoms with van der Waals surface area (Å²) in [7, 11) is -8.28. The Hall–Kier alpha value is -3.72. The fraction of sp³-hybridized carbons (Fsp3) is 0.281. The van der Waals surface area contributed by atoms with Crippen molar-refractivity contribution in [2.45, 2.75) is 33.2 Å². The van der Waals surface area contributed by atoms with Crippen LogP contribution < -0.4 is 19.7 Å². The van der Waals surface area contributed by atoms with E-state index in [0.717, 1.165) is 16.7 Å². The summed E-state index contributed by atoms with van der Waals surface area (Å²) in [5, 5.41) is 0.495. The summed E-state index contributed by atoms with van der Waals surface area (Å²) in [6.07, 6.45) is 4.37. The van der Waals surface area contributed by atoms with Gasteiger partial charge in [0, 0.05) is 30.3 Å². The second-order valence-corrected chi connectivity index (χ2v) is 14.2. The molecule has 14 heteroatoms. The highest BCUT2D eigenvalue weighted by Gasteiger charge is 2.28. The molecule has 244 valence electrons. The number of rotatable bonds is 14. The highest BCUT2D eigenvalue weighted by Crippen LogP contribution is 2.41. The molecule has 0 radical (unpaired) electrons. The van der Waals surface area contributed by atoms with Crippen LogP contribution in [0.25, 0.3) is 28.3 Å². The first-order valence-electron chi connectivity index (χ1n) is 14.7. The van der Waals surface area contributed by atoms with Gasteiger partial charge in [0.25, 0.3) is 15.6 Å². The number of ether oxygens (including phenoxy) is 1. The minimum atomic E-state index is -4.51. The van der Waals surface area contributed by atoms with E-state index in [1.807, 2.05) is 66.4 Å². The number of hydrogen-bond donors (Lipinski definition) is 1. The maximum absolute atomic E-state index is 12.2. The van der Waals surface area contributed by atoms with E-state index in [1.54, 1.807) is 35.8 Å². The Kier molecular flexibility index (Phi) is 10.5. The Bertz CT molecular complexity index is 1990. The average Bonchev–Trinajstić information content (AvgIpc) is 3.54. The van der Waals surface area contributed by atoms with Gasteiger partial charge in [0.15, 0.2) is 12.3 Å². The first kappa shape index (κ1) is 33.6. The highest BCUT2D eigenvalue weighted by atomic mass is 35.5. The Balaban J connectivity index is 1.51. The Morgan fingerprint density at radius 3 is 2.52 bits per heavy atom. The van der Waals surface area contributed by atoms with E-state index in [4.69, 9.17) is 25.0 Å². The van der Waals surface area contributed by atoms with Crippen molar-refractivity contribution in [2.75, 3.05) is 29.5 Å². The molecule has 4 aromatic rings. The molecule has 1 aliphatic heterocycles. The molecule has 0 saturated carbocycles. The molecule has 46 heavy (non-hydrogen) atoms. The molecule has 0 spiro atoms. The quantitative estimate of drug-likeness (QED) is 0.104. The van der Waals surface area contributed by atoms with Crippen molar-refractivity contribution in [1.29, 1.82) is 0 Å². The van der Waals surface area contributed by atoms with Crippen molar-refractivity contribution >= 4 is 54.7 Å². The van der Waals surface area contributed by atoms with Gasteiger partial charge in [0.1, 0.15) is 10.1 Å². The lowest BCUT2D eigenvalue weighted by Gasteiger charge is -2.18. The molecule has 2 heterocycles. The van der Waals surface area contributed by atoms with Crippen LogP contribution in [0.3, 0.4) is 0 Å². The van der Waals surface area contributed by atoms with Crippen molar-refractivity contribution in [3.05, 3.63) is 95.2 Å². The van der Waals surface area contributed by atoms with E-state index in [1.165, 1.54) is 0 Å². The van der Waals surface area contributed by atoms with E-state index < -0.39 is 26.0 Å². The monoisotopic (exact) mass is 687 g/mol. The lowest BCUT2D eigenvalue weighted by molar-refractivity contribution is -0.673. The van der Waals surface area contributed by atoms with E-state index in [9.17, 15) is 21.4 Å². The van der Waals surface area contributed by atoms with Crippen LogP contribution in [0.1, 0.15) is 32.6 Å². The predicted molar refractivity (Wildman–Crippen MR) is 175 cm³/mol. The molecule has 0 bridgehead atoms. The molecule has 1 N–H and O–H groups in total. The number of hydroxylamine groups is 1. The van der Waals surface area contributed by atoms with Crippen molar-refractivity contribution in [1.82, 2.24) is 5.48 Å². The first-order chi connectivity index (χ1) is 22.0. The Labute approximate surface area is 273 Å². The molecular weight excluding hydrogens is 654 g/mol. The number of oxazole rings is 1. The SMILES string of the molecule is CCNOS(=O)(=O)CCCN1/C(=C\C(=C/c2oc3ccc(-c4ccccc4)cc3[n+]2CCS(=O)(=O)[O-])CC)Oc2ccc(Cl)cc21. The van der Waals surface area contributed by atoms with Crippen LogP contribution in [0.2, 0.25) is 5.02 Å². The molecule has 11 nitrogen and oxygen atoms in total. The van der Waals surface area contributed by atoms with Gasteiger partial charge in [-0.25, -0.2) is 8.42 Å². The summed E-state index contributed by atoms with van der Waals surface area (Å²) >= 11 is 6.29. The van der Waals surface area contributed by atoms with Gasteiger partial charge in [0.2, 0.25) is 11.5 Å². The molecule has 0 amide bonds. The fourth-order valence-electron chi connectivity index (χ4n) is 5.02. The van der Waals surface area contributed by atoms with Crippen molar-refractivity contribution in [2.24, 2.45) is 0 Å². The normalized spacial score (nSPS) is 14.7. The smallest absolute Gasteiger partial charge is 0.374 e. The summed E-state index contributed by atoms with van der Waals surface area (Å²) in [5.74, 6) is 0.535. The van der Waals surface area contributed by atoms with E-state index in [0.29, 0.717) is 58.8 Å². The van der Waals surface area contributed by atoms with Gasteiger partial charge in [-0.3, -0.25) is 0 Å². The molecule has 0 unspecified atom stereocenters. The van der Waals surface area contributed by atoms with Gasteiger partial charge < -0.3 is 18.6 Å². The maximum Gasteiger partial charge on any atom is 0.374 e. The summed E-state index contributed by atoms with van der Waals surface area (Å²) < 4.78 is 78.2. The van der Waals surface area contributed by atoms with Gasteiger partial charge in [-0.05, 0) is 53.8 Å². The van der Waals surface area contributed by atoms with Gasteiger partial charge in [0.05, 0.1) is 23.3 Å². The highest BCUT2D eigenvalue weighted by molar-refractivity contribution is 7.86. The summed E-state index contributed by atoms with van der Waals surface area (Å²) in [5.41, 5.74) is 6.88. The zero-order valence-electron chi connectivity index (χ0n) is 25.3. The van der Waals surface area contributed by atoms with Gasteiger partial charge in [-0.1, -0.05) is 61.8 Å². The van der Waals surface area contributed by atoms with Crippen molar-refractivity contribution in [3.63, 3.8) is 0 Å². The number of nitrogens with one attached hydrogen (secondary N) is 1. The van der Waals surface area contributed by atoms with E-state index in [2.05, 4.69) is 5.48 Å². The maximum atomic E-state index is 12.2. The summed E-state index contributed by atoms with van der Waals surface area (Å²) in [4.78, 5) is 1.84.